The van der Waals surface area contributed by atoms with Crippen molar-refractivity contribution in [1.82, 2.24) is 5.32 Å². The number of rotatable bonds is 9. The van der Waals surface area contributed by atoms with Crippen LogP contribution in [0.4, 0.5) is 0 Å². The number of methoxy groups -OCH3 is 1. The van der Waals surface area contributed by atoms with E-state index in [2.05, 4.69) is 32.2 Å². The maximum Gasteiger partial charge on any atom is 0.127 e. The molecule has 0 aliphatic rings. The lowest BCUT2D eigenvalue weighted by Crippen LogP contribution is -2.14. The average Bonchev–Trinajstić information content (AvgIpc) is 2.43. The molecule has 3 nitrogen and oxygen atoms in total. The van der Waals surface area contributed by atoms with Gasteiger partial charge in [0.15, 0.2) is 0 Å². The maximum absolute atomic E-state index is 5.97. The zero-order chi connectivity index (χ0) is 14.1. The summed E-state index contributed by atoms with van der Waals surface area (Å²) in [6.45, 7) is 9.09. The van der Waals surface area contributed by atoms with Crippen molar-refractivity contribution < 1.29 is 9.47 Å². The van der Waals surface area contributed by atoms with Crippen molar-refractivity contribution in [3.8, 4) is 11.5 Å². The Kier molecular flexibility index (Phi) is 7.34. The van der Waals surface area contributed by atoms with Gasteiger partial charge in [0.2, 0.25) is 0 Å². The summed E-state index contributed by atoms with van der Waals surface area (Å²) in [7, 11) is 1.68. The largest absolute Gasteiger partial charge is 0.497 e. The van der Waals surface area contributed by atoms with Crippen LogP contribution < -0.4 is 14.8 Å². The smallest absolute Gasteiger partial charge is 0.127 e. The Morgan fingerprint density at radius 2 is 2.05 bits per heavy atom. The molecule has 19 heavy (non-hydrogen) atoms. The number of nitrogens with one attached hydrogen (secondary N) is 1. The molecule has 0 radical (unpaired) electrons. The van der Waals surface area contributed by atoms with Crippen molar-refractivity contribution in [2.75, 3.05) is 20.3 Å². The lowest BCUT2D eigenvalue weighted by Gasteiger charge is -2.16. The second kappa shape index (κ2) is 8.81. The SMILES string of the molecule is CCCC(C)COc1cc(OC)ccc1CNCC. The molecule has 1 aromatic rings. The third kappa shape index (κ3) is 5.52. The fourth-order valence-corrected chi connectivity index (χ4v) is 2.01. The third-order valence-corrected chi connectivity index (χ3v) is 3.14. The summed E-state index contributed by atoms with van der Waals surface area (Å²) in [6.07, 6.45) is 2.40. The van der Waals surface area contributed by atoms with Crippen LogP contribution >= 0.6 is 0 Å². The summed E-state index contributed by atoms with van der Waals surface area (Å²) in [4.78, 5) is 0. The first-order valence-electron chi connectivity index (χ1n) is 7.21. The molecule has 0 saturated carbocycles. The topological polar surface area (TPSA) is 30.5 Å². The predicted octanol–water partition coefficient (Wildman–Crippen LogP) is 3.62. The van der Waals surface area contributed by atoms with Crippen molar-refractivity contribution in [2.45, 2.75) is 40.2 Å². The zero-order valence-corrected chi connectivity index (χ0v) is 12.7. The molecule has 3 heteroatoms. The molecule has 1 unspecified atom stereocenters. The summed E-state index contributed by atoms with van der Waals surface area (Å²) in [5.74, 6) is 2.37. The Balaban J connectivity index is 2.70. The number of benzene rings is 1. The minimum absolute atomic E-state index is 0.586. The van der Waals surface area contributed by atoms with Gasteiger partial charge in [0.05, 0.1) is 13.7 Å². The Hall–Kier alpha value is -1.22. The van der Waals surface area contributed by atoms with Gasteiger partial charge in [0, 0.05) is 18.2 Å². The molecule has 0 heterocycles. The standard InChI is InChI=1S/C16H27NO2/c1-5-7-13(3)12-19-16-10-15(18-4)9-8-14(16)11-17-6-2/h8-10,13,17H,5-7,11-12H2,1-4H3. The molecule has 0 saturated heterocycles. The van der Waals surface area contributed by atoms with Gasteiger partial charge in [0.1, 0.15) is 11.5 Å². The van der Waals surface area contributed by atoms with Gasteiger partial charge in [-0.2, -0.15) is 0 Å². The van der Waals surface area contributed by atoms with E-state index in [1.165, 1.54) is 18.4 Å². The maximum atomic E-state index is 5.97. The van der Waals surface area contributed by atoms with Gasteiger partial charge in [-0.1, -0.05) is 33.3 Å². The lowest BCUT2D eigenvalue weighted by molar-refractivity contribution is 0.248. The monoisotopic (exact) mass is 265 g/mol. The predicted molar refractivity (Wildman–Crippen MR) is 79.9 cm³/mol. The minimum atomic E-state index is 0.586. The molecule has 0 amide bonds. The second-order valence-corrected chi connectivity index (χ2v) is 4.96. The zero-order valence-electron chi connectivity index (χ0n) is 12.7. The molecule has 1 aromatic carbocycles. The van der Waals surface area contributed by atoms with Crippen LogP contribution in [0.3, 0.4) is 0 Å². The first-order chi connectivity index (χ1) is 9.21. The van der Waals surface area contributed by atoms with Gasteiger partial charge in [-0.15, -0.1) is 0 Å². The van der Waals surface area contributed by atoms with E-state index in [9.17, 15) is 0 Å². The molecule has 0 aliphatic heterocycles. The second-order valence-electron chi connectivity index (χ2n) is 4.96. The highest BCUT2D eigenvalue weighted by Gasteiger charge is 2.08. The highest BCUT2D eigenvalue weighted by atomic mass is 16.5. The highest BCUT2D eigenvalue weighted by molar-refractivity contribution is 5.40. The molecule has 0 spiro atoms. The molecule has 108 valence electrons. The van der Waals surface area contributed by atoms with Crippen molar-refractivity contribution in [1.29, 1.82) is 0 Å². The number of ether oxygens (including phenoxy) is 2. The van der Waals surface area contributed by atoms with Gasteiger partial charge in [0.25, 0.3) is 0 Å². The molecular formula is C16H27NO2. The van der Waals surface area contributed by atoms with E-state index in [0.717, 1.165) is 31.2 Å². The van der Waals surface area contributed by atoms with Gasteiger partial charge in [-0.25, -0.2) is 0 Å². The van der Waals surface area contributed by atoms with E-state index in [1.54, 1.807) is 7.11 Å². The quantitative estimate of drug-likeness (QED) is 0.739. The first kappa shape index (κ1) is 15.8. The molecule has 0 bridgehead atoms. The minimum Gasteiger partial charge on any atom is -0.497 e. The number of hydrogen-bond acceptors (Lipinski definition) is 3. The first-order valence-corrected chi connectivity index (χ1v) is 7.21. The normalized spacial score (nSPS) is 12.2. The highest BCUT2D eigenvalue weighted by Crippen LogP contribution is 2.25. The fraction of sp³-hybridized carbons (Fsp3) is 0.625. The average molecular weight is 265 g/mol. The van der Waals surface area contributed by atoms with Gasteiger partial charge in [-0.05, 0) is 24.9 Å². The van der Waals surface area contributed by atoms with E-state index in [0.29, 0.717) is 5.92 Å². The molecule has 0 aliphatic carbocycles. The van der Waals surface area contributed by atoms with Crippen LogP contribution in [0.15, 0.2) is 18.2 Å². The molecule has 1 rings (SSSR count). The third-order valence-electron chi connectivity index (χ3n) is 3.14. The molecular weight excluding hydrogens is 238 g/mol. The van der Waals surface area contributed by atoms with Crippen molar-refractivity contribution in [3.05, 3.63) is 23.8 Å². The van der Waals surface area contributed by atoms with Crippen molar-refractivity contribution >= 4 is 0 Å². The van der Waals surface area contributed by atoms with E-state index in [1.807, 2.05) is 12.1 Å². The van der Waals surface area contributed by atoms with E-state index in [-0.39, 0.29) is 0 Å². The Labute approximate surface area is 117 Å². The summed E-state index contributed by atoms with van der Waals surface area (Å²) in [5.41, 5.74) is 1.19. The lowest BCUT2D eigenvalue weighted by atomic mass is 10.1. The number of hydrogen-bond donors (Lipinski definition) is 1. The Morgan fingerprint density at radius 1 is 1.26 bits per heavy atom. The van der Waals surface area contributed by atoms with E-state index >= 15 is 0 Å². The van der Waals surface area contributed by atoms with Crippen LogP contribution in [0.5, 0.6) is 11.5 Å². The van der Waals surface area contributed by atoms with Gasteiger partial charge >= 0.3 is 0 Å². The van der Waals surface area contributed by atoms with Crippen LogP contribution in [0.2, 0.25) is 0 Å². The van der Waals surface area contributed by atoms with E-state index < -0.39 is 0 Å². The van der Waals surface area contributed by atoms with Crippen LogP contribution in [-0.2, 0) is 6.54 Å². The Bertz CT molecular complexity index is 366. The summed E-state index contributed by atoms with van der Waals surface area (Å²) >= 11 is 0. The Morgan fingerprint density at radius 3 is 2.68 bits per heavy atom. The van der Waals surface area contributed by atoms with Gasteiger partial charge in [-0.3, -0.25) is 0 Å². The van der Waals surface area contributed by atoms with Gasteiger partial charge < -0.3 is 14.8 Å². The molecule has 0 aromatic heterocycles. The molecule has 0 fully saturated rings. The van der Waals surface area contributed by atoms with Crippen molar-refractivity contribution in [2.24, 2.45) is 5.92 Å². The van der Waals surface area contributed by atoms with Crippen molar-refractivity contribution in [3.63, 3.8) is 0 Å². The summed E-state index contributed by atoms with van der Waals surface area (Å²) in [5, 5.41) is 3.33. The summed E-state index contributed by atoms with van der Waals surface area (Å²) in [6, 6.07) is 6.03. The molecule has 1 N–H and O–H groups in total. The molecule has 1 atom stereocenters. The van der Waals surface area contributed by atoms with Crippen LogP contribution in [0.1, 0.15) is 39.2 Å². The van der Waals surface area contributed by atoms with Crippen LogP contribution in [-0.4, -0.2) is 20.3 Å². The summed E-state index contributed by atoms with van der Waals surface area (Å²) < 4.78 is 11.2. The van der Waals surface area contributed by atoms with E-state index in [4.69, 9.17) is 9.47 Å². The van der Waals surface area contributed by atoms with Crippen LogP contribution in [0.25, 0.3) is 0 Å². The fourth-order valence-electron chi connectivity index (χ4n) is 2.01. The van der Waals surface area contributed by atoms with Crippen LogP contribution in [0, 0.1) is 5.92 Å².